The maximum absolute atomic E-state index is 14.6. The van der Waals surface area contributed by atoms with Crippen LogP contribution in [0.5, 0.6) is 0 Å². The molecule has 2 aliphatic carbocycles. The van der Waals surface area contributed by atoms with Crippen LogP contribution in [-0.2, 0) is 14.3 Å². The first-order valence-corrected chi connectivity index (χ1v) is 17.3. The molecule has 6 aliphatic rings. The van der Waals surface area contributed by atoms with Crippen LogP contribution in [0.4, 0.5) is 0 Å². The normalized spacial score (nSPS) is 43.0. The van der Waals surface area contributed by atoms with E-state index < -0.39 is 6.35 Å². The molecule has 10 heteroatoms. The fraction of sp³-hybridized carbons (Fsp3) is 0.844. The number of thioether (sulfide) groups is 1. The topological polar surface area (TPSA) is 101 Å². The van der Waals surface area contributed by atoms with Gasteiger partial charge in [-0.1, -0.05) is 26.3 Å². The molecule has 0 bridgehead atoms. The van der Waals surface area contributed by atoms with Crippen molar-refractivity contribution in [1.82, 2.24) is 25.3 Å². The molecule has 42 heavy (non-hydrogen) atoms. The molecule has 4 heterocycles. The summed E-state index contributed by atoms with van der Waals surface area (Å²) in [7, 11) is 2.16. The van der Waals surface area contributed by atoms with Gasteiger partial charge in [0.2, 0.25) is 5.91 Å². The summed E-state index contributed by atoms with van der Waals surface area (Å²) in [4.78, 5) is 33.7. The van der Waals surface area contributed by atoms with E-state index >= 15 is 0 Å². The Balaban J connectivity index is 1.22. The van der Waals surface area contributed by atoms with Gasteiger partial charge in [-0.25, -0.2) is 0 Å². The lowest BCUT2D eigenvalue weighted by molar-refractivity contribution is -0.145. The smallest absolute Gasteiger partial charge is 0.246 e. The van der Waals surface area contributed by atoms with Crippen molar-refractivity contribution in [3.8, 4) is 6.07 Å². The van der Waals surface area contributed by atoms with E-state index in [1.54, 1.807) is 4.90 Å². The number of nitrogens with zero attached hydrogens (tertiary/aromatic N) is 4. The summed E-state index contributed by atoms with van der Waals surface area (Å²) in [6.07, 6.45) is 11.4. The first kappa shape index (κ1) is 30.5. The van der Waals surface area contributed by atoms with Crippen molar-refractivity contribution in [2.75, 3.05) is 39.8 Å². The monoisotopic (exact) mass is 598 g/mol. The fourth-order valence-corrected chi connectivity index (χ4v) is 11.2. The van der Waals surface area contributed by atoms with E-state index in [2.05, 4.69) is 47.1 Å². The maximum atomic E-state index is 14.6. The van der Waals surface area contributed by atoms with Crippen molar-refractivity contribution >= 4 is 23.5 Å². The summed E-state index contributed by atoms with van der Waals surface area (Å²) < 4.78 is 6.21. The van der Waals surface area contributed by atoms with Crippen molar-refractivity contribution < 1.29 is 14.3 Å². The number of hydrogen-bond donors (Lipinski definition) is 2. The Morgan fingerprint density at radius 3 is 2.67 bits per heavy atom. The number of fused-ring (bicyclic) bond motifs is 2. The molecule has 9 unspecified atom stereocenters. The number of rotatable bonds is 6. The molecule has 6 rings (SSSR count). The van der Waals surface area contributed by atoms with Gasteiger partial charge in [-0.05, 0) is 76.5 Å². The zero-order valence-corrected chi connectivity index (χ0v) is 26.3. The van der Waals surface area contributed by atoms with E-state index in [4.69, 9.17) is 4.74 Å². The molecule has 1 amide bonds. The number of carbonyl (C=O) groups is 2. The van der Waals surface area contributed by atoms with E-state index in [1.165, 1.54) is 38.2 Å². The Labute approximate surface area is 256 Å². The van der Waals surface area contributed by atoms with Crippen LogP contribution in [0.15, 0.2) is 12.7 Å². The Morgan fingerprint density at radius 2 is 1.93 bits per heavy atom. The molecular formula is C32H50N6O3S. The highest BCUT2D eigenvalue weighted by Crippen LogP contribution is 2.55. The van der Waals surface area contributed by atoms with Crippen molar-refractivity contribution in [1.29, 1.82) is 5.26 Å². The zero-order chi connectivity index (χ0) is 29.4. The van der Waals surface area contributed by atoms with Crippen LogP contribution in [0, 0.1) is 29.1 Å². The molecule has 0 radical (unpaired) electrons. The van der Waals surface area contributed by atoms with Gasteiger partial charge in [0.15, 0.2) is 12.1 Å². The van der Waals surface area contributed by atoms with Crippen LogP contribution in [-0.4, -0.2) is 107 Å². The number of carbonyl (C=O) groups excluding carboxylic acids is 2. The molecule has 0 aromatic carbocycles. The Hall–Kier alpha value is -1.48. The van der Waals surface area contributed by atoms with E-state index in [0.29, 0.717) is 43.3 Å². The summed E-state index contributed by atoms with van der Waals surface area (Å²) in [6.45, 7) is 9.65. The number of ether oxygens (including phenoxy) is 1. The highest BCUT2D eigenvalue weighted by atomic mass is 32.2. The van der Waals surface area contributed by atoms with Crippen LogP contribution in [0.2, 0.25) is 0 Å². The van der Waals surface area contributed by atoms with E-state index in [1.807, 2.05) is 11.8 Å². The Bertz CT molecular complexity index is 1070. The molecule has 2 N–H and O–H groups in total. The average molecular weight is 599 g/mol. The molecule has 4 saturated heterocycles. The number of nitriles is 1. The molecule has 0 aromatic heterocycles. The van der Waals surface area contributed by atoms with Crippen molar-refractivity contribution in [3.05, 3.63) is 12.7 Å². The Morgan fingerprint density at radius 1 is 1.12 bits per heavy atom. The summed E-state index contributed by atoms with van der Waals surface area (Å²) in [6, 6.07) is 2.23. The van der Waals surface area contributed by atoms with Crippen molar-refractivity contribution in [2.24, 2.45) is 17.8 Å². The molecule has 10 atom stereocenters. The van der Waals surface area contributed by atoms with E-state index in [9.17, 15) is 14.9 Å². The predicted octanol–water partition coefficient (Wildman–Crippen LogP) is 2.93. The predicted molar refractivity (Wildman–Crippen MR) is 164 cm³/mol. The number of likely N-dealkylation sites (tertiary alicyclic amines) is 1. The van der Waals surface area contributed by atoms with Crippen LogP contribution >= 0.6 is 11.8 Å². The summed E-state index contributed by atoms with van der Waals surface area (Å²) in [5, 5.41) is 17.6. The number of nitrogens with one attached hydrogen (secondary N) is 2. The van der Waals surface area contributed by atoms with E-state index in [0.717, 1.165) is 44.1 Å². The SMILES string of the molecule is C=CC(=O)N1CCN(C2NC(OCC3CCCN3C)NC3C(=O)[C@@]4(CCC5C(C)CCCC5S4)CCC32)CC1CC#N. The first-order valence-electron chi connectivity index (χ1n) is 16.4. The van der Waals surface area contributed by atoms with Crippen LogP contribution < -0.4 is 10.6 Å². The lowest BCUT2D eigenvalue weighted by atomic mass is 9.69. The second-order valence-corrected chi connectivity index (χ2v) is 15.4. The Kier molecular flexibility index (Phi) is 9.35. The minimum Gasteiger partial charge on any atom is -0.348 e. The van der Waals surface area contributed by atoms with Gasteiger partial charge >= 0.3 is 0 Å². The standard InChI is InChI=1S/C32H50N6O3S/c1-4-27(39)38-18-17-37(19-22(38)12-15-33)30-25-11-14-32(13-10-24-21(2)7-5-9-26(24)42-32)29(40)28(25)34-31(35-30)41-20-23-8-6-16-36(23)3/h4,21-26,28,30-31,34-35H,1,5-14,16-20H2,2-3H3/t21?,22?,23?,24?,25?,26?,28?,30?,31?,32-/m1/s1. The quantitative estimate of drug-likeness (QED) is 0.447. The van der Waals surface area contributed by atoms with Gasteiger partial charge in [-0.15, -0.1) is 11.8 Å². The lowest BCUT2D eigenvalue weighted by Gasteiger charge is -2.56. The number of amides is 1. The minimum atomic E-state index is -0.414. The number of ketones is 1. The molecule has 4 aliphatic heterocycles. The number of hydrogen-bond acceptors (Lipinski definition) is 9. The summed E-state index contributed by atoms with van der Waals surface area (Å²) in [5.41, 5.74) is 0. The van der Waals surface area contributed by atoms with Gasteiger partial charge in [-0.3, -0.25) is 25.1 Å². The van der Waals surface area contributed by atoms with Gasteiger partial charge in [0.25, 0.3) is 0 Å². The number of Topliss-reactive ketones (excluding diaryl/α,β-unsaturated/α-hetero) is 1. The second-order valence-electron chi connectivity index (χ2n) is 13.8. The van der Waals surface area contributed by atoms with Gasteiger partial charge in [0, 0.05) is 36.8 Å². The van der Waals surface area contributed by atoms with Gasteiger partial charge in [-0.2, -0.15) is 5.26 Å². The zero-order valence-electron chi connectivity index (χ0n) is 25.5. The highest BCUT2D eigenvalue weighted by Gasteiger charge is 2.57. The van der Waals surface area contributed by atoms with Crippen molar-refractivity contribution in [3.63, 3.8) is 0 Å². The van der Waals surface area contributed by atoms with Crippen LogP contribution in [0.1, 0.15) is 71.1 Å². The molecule has 9 nitrogen and oxygen atoms in total. The summed E-state index contributed by atoms with van der Waals surface area (Å²) >= 11 is 2.03. The lowest BCUT2D eigenvalue weighted by Crippen LogP contribution is -2.75. The first-order chi connectivity index (χ1) is 20.3. The molecule has 232 valence electrons. The third kappa shape index (κ3) is 5.82. The summed E-state index contributed by atoms with van der Waals surface area (Å²) in [5.74, 6) is 1.89. The van der Waals surface area contributed by atoms with Gasteiger partial charge < -0.3 is 14.5 Å². The van der Waals surface area contributed by atoms with Gasteiger partial charge in [0.05, 0.1) is 42.1 Å². The number of piperazine rings is 1. The molecular weight excluding hydrogens is 548 g/mol. The third-order valence-corrected chi connectivity index (χ3v) is 13.5. The third-order valence-electron chi connectivity index (χ3n) is 11.5. The van der Waals surface area contributed by atoms with Gasteiger partial charge in [0.1, 0.15) is 0 Å². The minimum absolute atomic E-state index is 0.0536. The molecule has 0 aromatic rings. The average Bonchev–Trinajstić information content (AvgIpc) is 3.42. The molecule has 2 saturated carbocycles. The second kappa shape index (κ2) is 12.9. The largest absolute Gasteiger partial charge is 0.348 e. The highest BCUT2D eigenvalue weighted by molar-refractivity contribution is 8.02. The fourth-order valence-electron chi connectivity index (χ4n) is 9.05. The van der Waals surface area contributed by atoms with E-state index in [-0.39, 0.29) is 41.2 Å². The number of likely N-dealkylation sites (N-methyl/N-ethyl adjacent to an activating group) is 1. The van der Waals surface area contributed by atoms with Crippen LogP contribution in [0.3, 0.4) is 0 Å². The molecule has 1 spiro atoms. The van der Waals surface area contributed by atoms with Crippen molar-refractivity contribution in [2.45, 2.75) is 112 Å². The maximum Gasteiger partial charge on any atom is 0.246 e. The van der Waals surface area contributed by atoms with Crippen LogP contribution in [0.25, 0.3) is 0 Å². The molecule has 6 fully saturated rings.